The molecule has 0 saturated heterocycles. The summed E-state index contributed by atoms with van der Waals surface area (Å²) in [5, 5.41) is 2.91. The lowest BCUT2D eigenvalue weighted by molar-refractivity contribution is -0.138. The molecule has 0 aliphatic heterocycles. The van der Waals surface area contributed by atoms with E-state index in [9.17, 15) is 9.59 Å². The van der Waals surface area contributed by atoms with Crippen LogP contribution in [0.15, 0.2) is 0 Å². The summed E-state index contributed by atoms with van der Waals surface area (Å²) in [6.45, 7) is 7.26. The second-order valence-electron chi connectivity index (χ2n) is 5.90. The first-order chi connectivity index (χ1) is 7.28. The summed E-state index contributed by atoms with van der Waals surface area (Å²) in [4.78, 5) is 23.7. The van der Waals surface area contributed by atoms with Crippen molar-refractivity contribution in [1.29, 1.82) is 0 Å². The average molecular weight is 225 g/mol. The lowest BCUT2D eigenvalue weighted by atomic mass is 9.70. The summed E-state index contributed by atoms with van der Waals surface area (Å²) < 4.78 is 0. The van der Waals surface area contributed by atoms with Gasteiger partial charge < -0.3 is 5.32 Å². The maximum Gasteiger partial charge on any atom is 0.217 e. The first kappa shape index (κ1) is 13.2. The number of ketones is 1. The molecule has 16 heavy (non-hydrogen) atoms. The van der Waals surface area contributed by atoms with E-state index < -0.39 is 5.54 Å². The molecule has 1 saturated carbocycles. The van der Waals surface area contributed by atoms with Gasteiger partial charge in [0, 0.05) is 12.3 Å². The molecule has 1 rings (SSSR count). The van der Waals surface area contributed by atoms with E-state index in [4.69, 9.17) is 0 Å². The number of carbonyl (C=O) groups is 2. The molecular formula is C13H23NO2. The second kappa shape index (κ2) is 4.56. The Balaban J connectivity index is 2.94. The van der Waals surface area contributed by atoms with Crippen LogP contribution in [0.1, 0.15) is 59.8 Å². The summed E-state index contributed by atoms with van der Waals surface area (Å²) in [6.07, 6.45) is 4.81. The van der Waals surface area contributed by atoms with Gasteiger partial charge in [-0.05, 0) is 12.8 Å². The van der Waals surface area contributed by atoms with Crippen LogP contribution >= 0.6 is 0 Å². The lowest BCUT2D eigenvalue weighted by Gasteiger charge is -2.40. The van der Waals surface area contributed by atoms with Gasteiger partial charge in [0.05, 0.1) is 5.54 Å². The van der Waals surface area contributed by atoms with Gasteiger partial charge in [0.2, 0.25) is 5.91 Å². The van der Waals surface area contributed by atoms with Crippen molar-refractivity contribution in [2.24, 2.45) is 5.41 Å². The molecule has 0 aromatic carbocycles. The third kappa shape index (κ3) is 2.83. The molecule has 0 radical (unpaired) electrons. The third-order valence-corrected chi connectivity index (χ3v) is 3.24. The van der Waals surface area contributed by atoms with Crippen LogP contribution in [-0.2, 0) is 9.59 Å². The van der Waals surface area contributed by atoms with Crippen molar-refractivity contribution < 1.29 is 9.59 Å². The zero-order valence-corrected chi connectivity index (χ0v) is 10.9. The van der Waals surface area contributed by atoms with Crippen LogP contribution in [-0.4, -0.2) is 17.2 Å². The van der Waals surface area contributed by atoms with Gasteiger partial charge in [-0.2, -0.15) is 0 Å². The smallest absolute Gasteiger partial charge is 0.217 e. The van der Waals surface area contributed by atoms with Crippen molar-refractivity contribution in [1.82, 2.24) is 5.32 Å². The van der Waals surface area contributed by atoms with Crippen molar-refractivity contribution in [3.8, 4) is 0 Å². The van der Waals surface area contributed by atoms with Gasteiger partial charge >= 0.3 is 0 Å². The Labute approximate surface area is 98.0 Å². The fraction of sp³-hybridized carbons (Fsp3) is 0.846. The molecule has 1 amide bonds. The van der Waals surface area contributed by atoms with Gasteiger partial charge in [0.1, 0.15) is 0 Å². The van der Waals surface area contributed by atoms with E-state index >= 15 is 0 Å². The molecule has 0 atom stereocenters. The van der Waals surface area contributed by atoms with Crippen LogP contribution < -0.4 is 5.32 Å². The Bertz CT molecular complexity index is 283. The highest BCUT2D eigenvalue weighted by Crippen LogP contribution is 2.34. The minimum absolute atomic E-state index is 0.0977. The highest BCUT2D eigenvalue weighted by Gasteiger charge is 2.44. The Hall–Kier alpha value is -0.860. The van der Waals surface area contributed by atoms with Crippen LogP contribution in [0.25, 0.3) is 0 Å². The number of nitrogens with one attached hydrogen (secondary N) is 1. The Morgan fingerprint density at radius 3 is 1.94 bits per heavy atom. The molecule has 0 unspecified atom stereocenters. The summed E-state index contributed by atoms with van der Waals surface area (Å²) in [7, 11) is 0. The van der Waals surface area contributed by atoms with Crippen LogP contribution in [0.5, 0.6) is 0 Å². The molecule has 1 aliphatic rings. The number of rotatable bonds is 2. The molecule has 1 N–H and O–H groups in total. The molecule has 0 heterocycles. The maximum atomic E-state index is 12.5. The van der Waals surface area contributed by atoms with Gasteiger partial charge in [0.25, 0.3) is 0 Å². The number of hydrogen-bond acceptors (Lipinski definition) is 2. The number of carbonyl (C=O) groups excluding carboxylic acids is 2. The minimum atomic E-state index is -0.595. The molecule has 0 spiro atoms. The van der Waals surface area contributed by atoms with Gasteiger partial charge in [-0.25, -0.2) is 0 Å². The van der Waals surface area contributed by atoms with Gasteiger partial charge in [0.15, 0.2) is 5.78 Å². The highest BCUT2D eigenvalue weighted by atomic mass is 16.2. The summed E-state index contributed by atoms with van der Waals surface area (Å²) in [5.74, 6) is 0.0781. The zero-order chi connectivity index (χ0) is 12.4. The Morgan fingerprint density at radius 1 is 1.06 bits per heavy atom. The topological polar surface area (TPSA) is 46.2 Å². The SMILES string of the molecule is CC(=O)NC1(C(=O)C(C)(C)C)CCCCC1. The number of hydrogen-bond donors (Lipinski definition) is 1. The van der Waals surface area contributed by atoms with E-state index in [0.29, 0.717) is 0 Å². The average Bonchev–Trinajstić information content (AvgIpc) is 2.15. The Kier molecular flexibility index (Phi) is 3.76. The number of Topliss-reactive ketones (excluding diaryl/α,β-unsaturated/α-hetero) is 1. The van der Waals surface area contributed by atoms with Gasteiger partial charge in [-0.1, -0.05) is 40.0 Å². The molecule has 3 heteroatoms. The van der Waals surface area contributed by atoms with E-state index in [0.717, 1.165) is 25.7 Å². The molecule has 0 bridgehead atoms. The molecule has 0 aromatic heterocycles. The molecule has 3 nitrogen and oxygen atoms in total. The fourth-order valence-corrected chi connectivity index (χ4v) is 2.62. The van der Waals surface area contributed by atoms with E-state index in [1.54, 1.807) is 0 Å². The quantitative estimate of drug-likeness (QED) is 0.784. The monoisotopic (exact) mass is 225 g/mol. The van der Waals surface area contributed by atoms with Crippen molar-refractivity contribution in [2.75, 3.05) is 0 Å². The fourth-order valence-electron chi connectivity index (χ4n) is 2.62. The van der Waals surface area contributed by atoms with Crippen LogP contribution in [0.2, 0.25) is 0 Å². The first-order valence-corrected chi connectivity index (χ1v) is 6.12. The van der Waals surface area contributed by atoms with Gasteiger partial charge in [-0.15, -0.1) is 0 Å². The standard InChI is InChI=1S/C13H23NO2/c1-10(15)14-13(8-6-5-7-9-13)11(16)12(2,3)4/h5-9H2,1-4H3,(H,14,15). The molecule has 92 valence electrons. The lowest BCUT2D eigenvalue weighted by Crippen LogP contribution is -2.58. The van der Waals surface area contributed by atoms with Crippen molar-refractivity contribution >= 4 is 11.7 Å². The normalized spacial score (nSPS) is 20.2. The van der Waals surface area contributed by atoms with E-state index in [1.165, 1.54) is 13.3 Å². The predicted octanol–water partition coefficient (Wildman–Crippen LogP) is 2.44. The van der Waals surface area contributed by atoms with Gasteiger partial charge in [-0.3, -0.25) is 9.59 Å². The predicted molar refractivity (Wildman–Crippen MR) is 64.1 cm³/mol. The van der Waals surface area contributed by atoms with Crippen molar-refractivity contribution in [2.45, 2.75) is 65.3 Å². The van der Waals surface area contributed by atoms with Crippen LogP contribution in [0, 0.1) is 5.41 Å². The molecule has 1 fully saturated rings. The van der Waals surface area contributed by atoms with E-state index in [2.05, 4.69) is 5.32 Å². The van der Waals surface area contributed by atoms with E-state index in [-0.39, 0.29) is 17.1 Å². The molecule has 0 aromatic rings. The summed E-state index contributed by atoms with van der Waals surface area (Å²) in [5.41, 5.74) is -0.984. The zero-order valence-electron chi connectivity index (χ0n) is 10.9. The molecular weight excluding hydrogens is 202 g/mol. The largest absolute Gasteiger partial charge is 0.344 e. The van der Waals surface area contributed by atoms with Crippen LogP contribution in [0.4, 0.5) is 0 Å². The summed E-state index contributed by atoms with van der Waals surface area (Å²) in [6, 6.07) is 0. The van der Waals surface area contributed by atoms with Crippen molar-refractivity contribution in [3.05, 3.63) is 0 Å². The first-order valence-electron chi connectivity index (χ1n) is 6.12. The number of amides is 1. The summed E-state index contributed by atoms with van der Waals surface area (Å²) >= 11 is 0. The molecule has 1 aliphatic carbocycles. The van der Waals surface area contributed by atoms with Crippen LogP contribution in [0.3, 0.4) is 0 Å². The maximum absolute atomic E-state index is 12.5. The minimum Gasteiger partial charge on any atom is -0.344 e. The second-order valence-corrected chi connectivity index (χ2v) is 5.90. The third-order valence-electron chi connectivity index (χ3n) is 3.24. The van der Waals surface area contributed by atoms with E-state index in [1.807, 2.05) is 20.8 Å². The highest BCUT2D eigenvalue weighted by molar-refractivity contribution is 5.95. The van der Waals surface area contributed by atoms with Crippen molar-refractivity contribution in [3.63, 3.8) is 0 Å². The Morgan fingerprint density at radius 2 is 1.56 bits per heavy atom.